The molecule has 0 unspecified atom stereocenters. The van der Waals surface area contributed by atoms with Crippen molar-refractivity contribution in [3.05, 3.63) is 65.7 Å². The van der Waals surface area contributed by atoms with Gasteiger partial charge in [0.05, 0.1) is 12.8 Å². The molecule has 1 aliphatic heterocycles. The lowest BCUT2D eigenvalue weighted by Crippen LogP contribution is -2.54. The van der Waals surface area contributed by atoms with Crippen LogP contribution in [-0.2, 0) is 9.59 Å². The van der Waals surface area contributed by atoms with Gasteiger partial charge in [0.15, 0.2) is 0 Å². The molecule has 1 N–H and O–H groups in total. The second kappa shape index (κ2) is 6.37. The van der Waals surface area contributed by atoms with E-state index in [9.17, 15) is 14.4 Å². The number of hydrogen-bond donors (Lipinski definition) is 1. The molecular formula is C18H14N2O4. The molecule has 0 aromatic heterocycles. The van der Waals surface area contributed by atoms with E-state index in [1.54, 1.807) is 54.6 Å². The molecule has 24 heavy (non-hydrogen) atoms. The highest BCUT2D eigenvalue weighted by molar-refractivity contribution is 6.39. The predicted molar refractivity (Wildman–Crippen MR) is 88.4 cm³/mol. The predicted octanol–water partition coefficient (Wildman–Crippen LogP) is 2.36. The Bertz CT molecular complexity index is 843. The fourth-order valence-electron chi connectivity index (χ4n) is 2.41. The van der Waals surface area contributed by atoms with Crippen LogP contribution >= 0.6 is 0 Å². The standard InChI is InChI=1S/C18H14N2O4/c1-24-15-10-6-5-7-12(15)11-14-16(21)19-18(23)20(17(14)22)13-8-3-2-4-9-13/h2-11H,1H3,(H,19,21,23)/b14-11-. The first kappa shape index (κ1) is 15.5. The van der Waals surface area contributed by atoms with Crippen LogP contribution in [-0.4, -0.2) is 25.0 Å². The number of anilines is 1. The van der Waals surface area contributed by atoms with Crippen LogP contribution in [0.15, 0.2) is 60.2 Å². The van der Waals surface area contributed by atoms with E-state index in [0.29, 0.717) is 17.0 Å². The summed E-state index contributed by atoms with van der Waals surface area (Å²) in [6, 6.07) is 14.6. The number of barbiturate groups is 1. The summed E-state index contributed by atoms with van der Waals surface area (Å²) in [4.78, 5) is 37.8. The van der Waals surface area contributed by atoms with Gasteiger partial charge in [0.25, 0.3) is 11.8 Å². The maximum Gasteiger partial charge on any atom is 0.335 e. The number of carbonyl (C=O) groups excluding carboxylic acids is 3. The number of rotatable bonds is 3. The smallest absolute Gasteiger partial charge is 0.335 e. The summed E-state index contributed by atoms with van der Waals surface area (Å²) >= 11 is 0. The van der Waals surface area contributed by atoms with Crippen LogP contribution in [0.5, 0.6) is 5.75 Å². The zero-order chi connectivity index (χ0) is 17.1. The van der Waals surface area contributed by atoms with E-state index in [0.717, 1.165) is 4.90 Å². The Morgan fingerprint density at radius 2 is 1.62 bits per heavy atom. The average Bonchev–Trinajstić information content (AvgIpc) is 2.59. The van der Waals surface area contributed by atoms with Crippen LogP contribution in [0, 0.1) is 0 Å². The Hall–Kier alpha value is -3.41. The minimum Gasteiger partial charge on any atom is -0.496 e. The molecule has 1 saturated heterocycles. The largest absolute Gasteiger partial charge is 0.496 e. The van der Waals surface area contributed by atoms with Gasteiger partial charge in [-0.05, 0) is 24.3 Å². The molecule has 0 saturated carbocycles. The van der Waals surface area contributed by atoms with Gasteiger partial charge in [-0.1, -0.05) is 36.4 Å². The van der Waals surface area contributed by atoms with Gasteiger partial charge in [-0.15, -0.1) is 0 Å². The average molecular weight is 322 g/mol. The summed E-state index contributed by atoms with van der Waals surface area (Å²) in [5, 5.41) is 2.18. The molecule has 6 heteroatoms. The third kappa shape index (κ3) is 2.77. The molecule has 6 nitrogen and oxygen atoms in total. The number of ether oxygens (including phenoxy) is 1. The van der Waals surface area contributed by atoms with Crippen LogP contribution in [0.1, 0.15) is 5.56 Å². The van der Waals surface area contributed by atoms with Crippen LogP contribution in [0.25, 0.3) is 6.08 Å². The van der Waals surface area contributed by atoms with Crippen molar-refractivity contribution in [1.29, 1.82) is 0 Å². The fourth-order valence-corrected chi connectivity index (χ4v) is 2.41. The van der Waals surface area contributed by atoms with Gasteiger partial charge in [0.2, 0.25) is 0 Å². The summed E-state index contributed by atoms with van der Waals surface area (Å²) in [6.45, 7) is 0. The molecule has 4 amide bonds. The number of methoxy groups -OCH3 is 1. The number of amides is 4. The maximum absolute atomic E-state index is 12.7. The topological polar surface area (TPSA) is 75.7 Å². The molecule has 0 atom stereocenters. The lowest BCUT2D eigenvalue weighted by Gasteiger charge is -2.26. The molecule has 1 aliphatic rings. The number of urea groups is 1. The molecular weight excluding hydrogens is 308 g/mol. The van der Waals surface area contributed by atoms with Gasteiger partial charge >= 0.3 is 6.03 Å². The molecule has 0 aliphatic carbocycles. The Morgan fingerprint density at radius 1 is 0.958 bits per heavy atom. The lowest BCUT2D eigenvalue weighted by atomic mass is 10.1. The zero-order valence-electron chi connectivity index (χ0n) is 12.9. The Balaban J connectivity index is 2.04. The Kier molecular flexibility index (Phi) is 4.11. The minimum absolute atomic E-state index is 0.136. The SMILES string of the molecule is COc1ccccc1/C=C1/C(=O)NC(=O)N(c2ccccc2)C1=O. The molecule has 1 heterocycles. The van der Waals surface area contributed by atoms with Crippen molar-refractivity contribution >= 4 is 29.6 Å². The maximum atomic E-state index is 12.7. The van der Waals surface area contributed by atoms with Crippen molar-refractivity contribution in [3.8, 4) is 5.75 Å². The molecule has 0 bridgehead atoms. The van der Waals surface area contributed by atoms with Crippen molar-refractivity contribution in [2.45, 2.75) is 0 Å². The lowest BCUT2D eigenvalue weighted by molar-refractivity contribution is -0.122. The van der Waals surface area contributed by atoms with Gasteiger partial charge in [-0.2, -0.15) is 0 Å². The quantitative estimate of drug-likeness (QED) is 0.695. The first-order valence-electron chi connectivity index (χ1n) is 7.21. The van der Waals surface area contributed by atoms with Crippen molar-refractivity contribution in [1.82, 2.24) is 5.32 Å². The van der Waals surface area contributed by atoms with Gasteiger partial charge in [-0.25, -0.2) is 9.69 Å². The highest BCUT2D eigenvalue weighted by Gasteiger charge is 2.36. The molecule has 2 aromatic carbocycles. The second-order valence-corrected chi connectivity index (χ2v) is 5.04. The number of hydrogen-bond acceptors (Lipinski definition) is 4. The first-order valence-corrected chi connectivity index (χ1v) is 7.21. The zero-order valence-corrected chi connectivity index (χ0v) is 12.9. The summed E-state index contributed by atoms with van der Waals surface area (Å²) in [6.07, 6.45) is 1.42. The first-order chi connectivity index (χ1) is 11.6. The van der Waals surface area contributed by atoms with Crippen LogP contribution in [0.2, 0.25) is 0 Å². The van der Waals surface area contributed by atoms with E-state index < -0.39 is 17.8 Å². The number of benzene rings is 2. The van der Waals surface area contributed by atoms with Gasteiger partial charge < -0.3 is 4.74 Å². The highest BCUT2D eigenvalue weighted by Crippen LogP contribution is 2.24. The molecule has 0 radical (unpaired) electrons. The van der Waals surface area contributed by atoms with E-state index in [1.165, 1.54) is 13.2 Å². The van der Waals surface area contributed by atoms with E-state index in [4.69, 9.17) is 4.74 Å². The third-order valence-electron chi connectivity index (χ3n) is 3.55. The van der Waals surface area contributed by atoms with Crippen molar-refractivity contribution in [2.75, 3.05) is 12.0 Å². The summed E-state index contributed by atoms with van der Waals surface area (Å²) in [5.41, 5.74) is 0.822. The second-order valence-electron chi connectivity index (χ2n) is 5.04. The highest BCUT2D eigenvalue weighted by atomic mass is 16.5. The normalized spacial score (nSPS) is 16.3. The van der Waals surface area contributed by atoms with Crippen LogP contribution < -0.4 is 15.0 Å². The number of para-hydroxylation sites is 2. The molecule has 3 rings (SSSR count). The van der Waals surface area contributed by atoms with E-state index in [2.05, 4.69) is 5.32 Å². The van der Waals surface area contributed by atoms with Crippen molar-refractivity contribution in [2.24, 2.45) is 0 Å². The Morgan fingerprint density at radius 3 is 2.33 bits per heavy atom. The van der Waals surface area contributed by atoms with Gasteiger partial charge in [0, 0.05) is 5.56 Å². The molecule has 1 fully saturated rings. The number of carbonyl (C=O) groups is 3. The minimum atomic E-state index is -0.770. The number of nitrogens with zero attached hydrogens (tertiary/aromatic N) is 1. The molecule has 120 valence electrons. The third-order valence-corrected chi connectivity index (χ3v) is 3.55. The van der Waals surface area contributed by atoms with Crippen molar-refractivity contribution < 1.29 is 19.1 Å². The summed E-state index contributed by atoms with van der Waals surface area (Å²) in [7, 11) is 1.50. The van der Waals surface area contributed by atoms with Gasteiger partial charge in [0.1, 0.15) is 11.3 Å². The van der Waals surface area contributed by atoms with Crippen LogP contribution in [0.4, 0.5) is 10.5 Å². The van der Waals surface area contributed by atoms with E-state index in [-0.39, 0.29) is 5.57 Å². The number of nitrogens with one attached hydrogen (secondary N) is 1. The summed E-state index contributed by atoms with van der Waals surface area (Å²) < 4.78 is 5.22. The van der Waals surface area contributed by atoms with Gasteiger partial charge in [-0.3, -0.25) is 14.9 Å². The molecule has 0 spiro atoms. The Labute approximate surface area is 138 Å². The number of imide groups is 2. The molecule has 2 aromatic rings. The summed E-state index contributed by atoms with van der Waals surface area (Å²) in [5.74, 6) is -0.891. The van der Waals surface area contributed by atoms with Crippen molar-refractivity contribution in [3.63, 3.8) is 0 Å². The monoisotopic (exact) mass is 322 g/mol. The van der Waals surface area contributed by atoms with Crippen LogP contribution in [0.3, 0.4) is 0 Å². The van der Waals surface area contributed by atoms with E-state index >= 15 is 0 Å². The fraction of sp³-hybridized carbons (Fsp3) is 0.0556. The van der Waals surface area contributed by atoms with E-state index in [1.807, 2.05) is 0 Å².